The third-order valence-corrected chi connectivity index (χ3v) is 3.79. The molecular formula is C14H30N2O. The molecule has 3 atom stereocenters. The minimum Gasteiger partial charge on any atom is -0.388 e. The van der Waals surface area contributed by atoms with Crippen molar-refractivity contribution < 1.29 is 5.11 Å². The Morgan fingerprint density at radius 2 is 1.82 bits per heavy atom. The first kappa shape index (κ1) is 14.9. The first-order chi connectivity index (χ1) is 7.82. The lowest BCUT2D eigenvalue weighted by atomic mass is 9.94. The van der Waals surface area contributed by atoms with E-state index in [1.807, 2.05) is 6.92 Å². The van der Waals surface area contributed by atoms with Gasteiger partial charge in [-0.2, -0.15) is 0 Å². The van der Waals surface area contributed by atoms with Crippen LogP contribution in [0.1, 0.15) is 53.9 Å². The molecule has 1 fully saturated rings. The van der Waals surface area contributed by atoms with Crippen LogP contribution in [0.3, 0.4) is 0 Å². The summed E-state index contributed by atoms with van der Waals surface area (Å²) >= 11 is 0. The molecule has 0 bridgehead atoms. The molecule has 0 aliphatic carbocycles. The standard InChI is InChI=1S/C14H30N2O/c1-11(2)15-9-14(5,17)10-16-12(3)7-6-8-13(16)4/h11-13,15,17H,6-10H2,1-5H3. The van der Waals surface area contributed by atoms with Crippen LogP contribution in [0.5, 0.6) is 0 Å². The predicted molar refractivity (Wildman–Crippen MR) is 73.2 cm³/mol. The second-order valence-electron chi connectivity index (χ2n) is 6.33. The fourth-order valence-electron chi connectivity index (χ4n) is 2.66. The van der Waals surface area contributed by atoms with Crippen LogP contribution in [-0.4, -0.2) is 46.8 Å². The van der Waals surface area contributed by atoms with Gasteiger partial charge in [0.15, 0.2) is 0 Å². The van der Waals surface area contributed by atoms with Gasteiger partial charge in [0.25, 0.3) is 0 Å². The number of likely N-dealkylation sites (tertiary alicyclic amines) is 1. The molecule has 0 saturated carbocycles. The summed E-state index contributed by atoms with van der Waals surface area (Å²) in [4.78, 5) is 2.46. The SMILES string of the molecule is CC(C)NCC(C)(O)CN1C(C)CCCC1C. The molecule has 1 heterocycles. The van der Waals surface area contributed by atoms with Crippen molar-refractivity contribution in [3.05, 3.63) is 0 Å². The summed E-state index contributed by atoms with van der Waals surface area (Å²) in [5, 5.41) is 13.8. The maximum atomic E-state index is 10.4. The van der Waals surface area contributed by atoms with Gasteiger partial charge in [-0.15, -0.1) is 0 Å². The molecular weight excluding hydrogens is 212 g/mol. The molecule has 1 aliphatic rings. The number of nitrogens with zero attached hydrogens (tertiary/aromatic N) is 1. The maximum absolute atomic E-state index is 10.4. The normalized spacial score (nSPS) is 30.5. The van der Waals surface area contributed by atoms with Crippen LogP contribution >= 0.6 is 0 Å². The smallest absolute Gasteiger partial charge is 0.0869 e. The van der Waals surface area contributed by atoms with Crippen LogP contribution in [-0.2, 0) is 0 Å². The van der Waals surface area contributed by atoms with E-state index in [4.69, 9.17) is 0 Å². The van der Waals surface area contributed by atoms with Crippen LogP contribution < -0.4 is 5.32 Å². The van der Waals surface area contributed by atoms with Crippen molar-refractivity contribution in [2.45, 2.75) is 77.6 Å². The van der Waals surface area contributed by atoms with Crippen molar-refractivity contribution in [3.8, 4) is 0 Å². The van der Waals surface area contributed by atoms with Crippen molar-refractivity contribution in [3.63, 3.8) is 0 Å². The van der Waals surface area contributed by atoms with Gasteiger partial charge in [-0.05, 0) is 33.6 Å². The quantitative estimate of drug-likeness (QED) is 0.774. The van der Waals surface area contributed by atoms with Crippen LogP contribution in [0.15, 0.2) is 0 Å². The monoisotopic (exact) mass is 242 g/mol. The van der Waals surface area contributed by atoms with E-state index >= 15 is 0 Å². The Kier molecular flexibility index (Phi) is 5.42. The molecule has 0 aromatic heterocycles. The van der Waals surface area contributed by atoms with E-state index in [2.05, 4.69) is 37.9 Å². The molecule has 3 nitrogen and oxygen atoms in total. The highest BCUT2D eigenvalue weighted by Gasteiger charge is 2.31. The molecule has 2 N–H and O–H groups in total. The van der Waals surface area contributed by atoms with Crippen LogP contribution in [0, 0.1) is 0 Å². The third-order valence-electron chi connectivity index (χ3n) is 3.79. The van der Waals surface area contributed by atoms with Crippen molar-refractivity contribution >= 4 is 0 Å². The highest BCUT2D eigenvalue weighted by molar-refractivity contribution is 4.87. The highest BCUT2D eigenvalue weighted by Crippen LogP contribution is 2.24. The molecule has 17 heavy (non-hydrogen) atoms. The average molecular weight is 242 g/mol. The van der Waals surface area contributed by atoms with Gasteiger partial charge in [0.2, 0.25) is 0 Å². The van der Waals surface area contributed by atoms with E-state index < -0.39 is 5.60 Å². The second-order valence-corrected chi connectivity index (χ2v) is 6.33. The zero-order valence-corrected chi connectivity index (χ0v) is 12.2. The molecule has 3 unspecified atom stereocenters. The van der Waals surface area contributed by atoms with Crippen LogP contribution in [0.2, 0.25) is 0 Å². The lowest BCUT2D eigenvalue weighted by Crippen LogP contribution is -2.54. The molecule has 0 spiro atoms. The molecule has 0 radical (unpaired) electrons. The summed E-state index contributed by atoms with van der Waals surface area (Å²) in [5.41, 5.74) is -0.635. The number of nitrogens with one attached hydrogen (secondary N) is 1. The Hall–Kier alpha value is -0.120. The van der Waals surface area contributed by atoms with Crippen molar-refractivity contribution in [1.82, 2.24) is 10.2 Å². The largest absolute Gasteiger partial charge is 0.388 e. The zero-order valence-electron chi connectivity index (χ0n) is 12.2. The van der Waals surface area contributed by atoms with Gasteiger partial charge in [-0.3, -0.25) is 4.90 Å². The summed E-state index contributed by atoms with van der Waals surface area (Å²) in [6.07, 6.45) is 3.85. The lowest BCUT2D eigenvalue weighted by molar-refractivity contribution is -0.0186. The fourth-order valence-corrected chi connectivity index (χ4v) is 2.66. The average Bonchev–Trinajstić information content (AvgIpc) is 2.21. The minimum absolute atomic E-state index is 0.428. The Bertz CT molecular complexity index is 218. The van der Waals surface area contributed by atoms with E-state index in [0.29, 0.717) is 24.7 Å². The number of rotatable bonds is 5. The van der Waals surface area contributed by atoms with Gasteiger partial charge >= 0.3 is 0 Å². The molecule has 0 aromatic rings. The Morgan fingerprint density at radius 1 is 1.29 bits per heavy atom. The Morgan fingerprint density at radius 3 is 2.29 bits per heavy atom. The van der Waals surface area contributed by atoms with Gasteiger partial charge < -0.3 is 10.4 Å². The van der Waals surface area contributed by atoms with E-state index in [1.54, 1.807) is 0 Å². The molecule has 1 rings (SSSR count). The van der Waals surface area contributed by atoms with Crippen molar-refractivity contribution in [2.75, 3.05) is 13.1 Å². The van der Waals surface area contributed by atoms with Gasteiger partial charge in [-0.1, -0.05) is 20.3 Å². The van der Waals surface area contributed by atoms with Crippen LogP contribution in [0.25, 0.3) is 0 Å². The van der Waals surface area contributed by atoms with Gasteiger partial charge in [0, 0.05) is 31.2 Å². The first-order valence-electron chi connectivity index (χ1n) is 7.03. The van der Waals surface area contributed by atoms with Crippen LogP contribution in [0.4, 0.5) is 0 Å². The minimum atomic E-state index is -0.635. The molecule has 1 aliphatic heterocycles. The van der Waals surface area contributed by atoms with E-state index in [9.17, 15) is 5.11 Å². The number of hydrogen-bond acceptors (Lipinski definition) is 3. The van der Waals surface area contributed by atoms with E-state index in [0.717, 1.165) is 6.54 Å². The summed E-state index contributed by atoms with van der Waals surface area (Å²) in [6.45, 7) is 12.2. The highest BCUT2D eigenvalue weighted by atomic mass is 16.3. The van der Waals surface area contributed by atoms with Gasteiger partial charge in [0.05, 0.1) is 5.60 Å². The number of piperidine rings is 1. The van der Waals surface area contributed by atoms with E-state index in [-0.39, 0.29) is 0 Å². The second kappa shape index (κ2) is 6.17. The summed E-state index contributed by atoms with van der Waals surface area (Å²) < 4.78 is 0. The molecule has 0 amide bonds. The number of aliphatic hydroxyl groups is 1. The molecule has 102 valence electrons. The summed E-state index contributed by atoms with van der Waals surface area (Å²) in [7, 11) is 0. The lowest BCUT2D eigenvalue weighted by Gasteiger charge is -2.43. The summed E-state index contributed by atoms with van der Waals surface area (Å²) in [6, 6.07) is 1.63. The van der Waals surface area contributed by atoms with Crippen molar-refractivity contribution in [1.29, 1.82) is 0 Å². The van der Waals surface area contributed by atoms with Gasteiger partial charge in [-0.25, -0.2) is 0 Å². The maximum Gasteiger partial charge on any atom is 0.0869 e. The van der Waals surface area contributed by atoms with E-state index in [1.165, 1.54) is 19.3 Å². The first-order valence-corrected chi connectivity index (χ1v) is 7.03. The summed E-state index contributed by atoms with van der Waals surface area (Å²) in [5.74, 6) is 0. The number of β-amino-alcohol motifs (C(OH)–C–C–N with tert-alkyl or cyclic N) is 1. The Labute approximate surface area is 107 Å². The fraction of sp³-hybridized carbons (Fsp3) is 1.00. The molecule has 1 saturated heterocycles. The molecule has 0 aromatic carbocycles. The Balaban J connectivity index is 2.49. The predicted octanol–water partition coefficient (Wildman–Crippen LogP) is 2.00. The third kappa shape index (κ3) is 4.94. The number of hydrogen-bond donors (Lipinski definition) is 2. The van der Waals surface area contributed by atoms with Gasteiger partial charge in [0.1, 0.15) is 0 Å². The molecule has 3 heteroatoms. The zero-order chi connectivity index (χ0) is 13.1. The van der Waals surface area contributed by atoms with Crippen molar-refractivity contribution in [2.24, 2.45) is 0 Å². The topological polar surface area (TPSA) is 35.5 Å².